The van der Waals surface area contributed by atoms with Gasteiger partial charge in [0.15, 0.2) is 6.10 Å². The van der Waals surface area contributed by atoms with Gasteiger partial charge >= 0.3 is 0 Å². The molecule has 140 valence electrons. The van der Waals surface area contributed by atoms with E-state index in [4.69, 9.17) is 9.47 Å². The zero-order chi connectivity index (χ0) is 19.2. The van der Waals surface area contributed by atoms with Crippen LogP contribution in [0, 0.1) is 13.8 Å². The third-order valence-corrected chi connectivity index (χ3v) is 4.43. The van der Waals surface area contributed by atoms with Crippen molar-refractivity contribution in [1.82, 2.24) is 5.32 Å². The summed E-state index contributed by atoms with van der Waals surface area (Å²) in [5.41, 5.74) is 2.12. The highest BCUT2D eigenvalue weighted by molar-refractivity contribution is 5.88. The largest absolute Gasteiger partial charge is 0.491 e. The van der Waals surface area contributed by atoms with E-state index in [0.717, 1.165) is 33.4 Å². The van der Waals surface area contributed by atoms with Crippen molar-refractivity contribution in [2.45, 2.75) is 26.9 Å². The van der Waals surface area contributed by atoms with E-state index in [1.165, 1.54) is 0 Å². The number of ether oxygens (including phenoxy) is 2. The predicted octanol–water partition coefficient (Wildman–Crippen LogP) is 4.42. The fraction of sp³-hybridized carbons (Fsp3) is 0.261. The smallest absolute Gasteiger partial charge is 0.260 e. The minimum atomic E-state index is -0.567. The second kappa shape index (κ2) is 8.58. The van der Waals surface area contributed by atoms with Crippen molar-refractivity contribution in [3.63, 3.8) is 0 Å². The first-order valence-electron chi connectivity index (χ1n) is 9.17. The molecule has 3 aromatic rings. The summed E-state index contributed by atoms with van der Waals surface area (Å²) in [6.07, 6.45) is -0.567. The lowest BCUT2D eigenvalue weighted by molar-refractivity contribution is -0.127. The number of rotatable bonds is 7. The molecule has 0 aliphatic rings. The van der Waals surface area contributed by atoms with E-state index < -0.39 is 6.10 Å². The molecule has 4 heteroatoms. The van der Waals surface area contributed by atoms with Gasteiger partial charge in [0.05, 0.1) is 6.54 Å². The first-order valence-corrected chi connectivity index (χ1v) is 9.17. The first kappa shape index (κ1) is 18.8. The summed E-state index contributed by atoms with van der Waals surface area (Å²) >= 11 is 0. The molecule has 3 rings (SSSR count). The van der Waals surface area contributed by atoms with Gasteiger partial charge in [-0.25, -0.2) is 0 Å². The molecule has 0 aliphatic carbocycles. The topological polar surface area (TPSA) is 47.6 Å². The molecule has 4 nitrogen and oxygen atoms in total. The average molecular weight is 363 g/mol. The van der Waals surface area contributed by atoms with Crippen molar-refractivity contribution in [1.29, 1.82) is 0 Å². The highest BCUT2D eigenvalue weighted by atomic mass is 16.5. The van der Waals surface area contributed by atoms with Crippen molar-refractivity contribution in [2.75, 3.05) is 13.2 Å². The Morgan fingerprint density at radius 3 is 2.63 bits per heavy atom. The Kier molecular flexibility index (Phi) is 5.97. The van der Waals surface area contributed by atoms with Crippen LogP contribution in [0.1, 0.15) is 18.1 Å². The summed E-state index contributed by atoms with van der Waals surface area (Å²) in [5, 5.41) is 5.07. The van der Waals surface area contributed by atoms with Crippen LogP contribution in [0.5, 0.6) is 11.5 Å². The number of carbonyl (C=O) groups excluding carboxylic acids is 1. The van der Waals surface area contributed by atoms with Crippen molar-refractivity contribution >= 4 is 16.7 Å². The van der Waals surface area contributed by atoms with Crippen LogP contribution in [-0.2, 0) is 4.79 Å². The maximum absolute atomic E-state index is 12.3. The molecule has 0 saturated carbocycles. The van der Waals surface area contributed by atoms with Crippen molar-refractivity contribution in [3.8, 4) is 11.5 Å². The van der Waals surface area contributed by atoms with Crippen LogP contribution >= 0.6 is 0 Å². The number of hydrogen-bond acceptors (Lipinski definition) is 3. The van der Waals surface area contributed by atoms with Gasteiger partial charge in [-0.1, -0.05) is 48.5 Å². The summed E-state index contributed by atoms with van der Waals surface area (Å²) in [4.78, 5) is 12.3. The minimum Gasteiger partial charge on any atom is -0.491 e. The quantitative estimate of drug-likeness (QED) is 0.632. The molecule has 3 aromatic carbocycles. The molecule has 0 bridgehead atoms. The van der Waals surface area contributed by atoms with E-state index in [1.54, 1.807) is 6.92 Å². The lowest BCUT2D eigenvalue weighted by Gasteiger charge is -2.17. The summed E-state index contributed by atoms with van der Waals surface area (Å²) in [6.45, 7) is 6.54. The predicted molar refractivity (Wildman–Crippen MR) is 108 cm³/mol. The van der Waals surface area contributed by atoms with Gasteiger partial charge in [0.25, 0.3) is 5.91 Å². The fourth-order valence-corrected chi connectivity index (χ4v) is 2.88. The molecule has 0 heterocycles. The Labute approximate surface area is 160 Å². The van der Waals surface area contributed by atoms with Crippen LogP contribution in [0.25, 0.3) is 10.8 Å². The van der Waals surface area contributed by atoms with E-state index in [1.807, 2.05) is 62.4 Å². The Morgan fingerprint density at radius 2 is 1.78 bits per heavy atom. The number of fused-ring (bicyclic) bond motifs is 1. The Hall–Kier alpha value is -3.01. The van der Waals surface area contributed by atoms with Gasteiger partial charge in [-0.2, -0.15) is 0 Å². The fourth-order valence-electron chi connectivity index (χ4n) is 2.88. The molecule has 0 saturated heterocycles. The van der Waals surface area contributed by atoms with Crippen LogP contribution in [-0.4, -0.2) is 25.2 Å². The van der Waals surface area contributed by atoms with E-state index >= 15 is 0 Å². The summed E-state index contributed by atoms with van der Waals surface area (Å²) in [7, 11) is 0. The number of carbonyl (C=O) groups is 1. The van der Waals surface area contributed by atoms with Crippen molar-refractivity contribution in [3.05, 3.63) is 71.8 Å². The highest BCUT2D eigenvalue weighted by Gasteiger charge is 2.15. The third kappa shape index (κ3) is 4.79. The number of amides is 1. The number of aryl methyl sites for hydroxylation is 2. The maximum Gasteiger partial charge on any atom is 0.260 e. The van der Waals surface area contributed by atoms with E-state index in [0.29, 0.717) is 13.2 Å². The van der Waals surface area contributed by atoms with Crippen LogP contribution in [0.3, 0.4) is 0 Å². The van der Waals surface area contributed by atoms with Gasteiger partial charge in [-0.3, -0.25) is 4.79 Å². The summed E-state index contributed by atoms with van der Waals surface area (Å²) in [6, 6.07) is 20.0. The molecule has 27 heavy (non-hydrogen) atoms. The van der Waals surface area contributed by atoms with Gasteiger partial charge in [-0.15, -0.1) is 0 Å². The van der Waals surface area contributed by atoms with E-state index in [2.05, 4.69) is 17.4 Å². The van der Waals surface area contributed by atoms with Crippen LogP contribution in [0.15, 0.2) is 60.7 Å². The van der Waals surface area contributed by atoms with E-state index in [-0.39, 0.29) is 5.91 Å². The molecule has 0 fully saturated rings. The number of nitrogens with one attached hydrogen (secondary N) is 1. The average Bonchev–Trinajstić information content (AvgIpc) is 2.68. The van der Waals surface area contributed by atoms with Crippen molar-refractivity contribution < 1.29 is 14.3 Å². The second-order valence-electron chi connectivity index (χ2n) is 6.65. The van der Waals surface area contributed by atoms with Gasteiger partial charge in [0.1, 0.15) is 18.1 Å². The zero-order valence-electron chi connectivity index (χ0n) is 16.0. The van der Waals surface area contributed by atoms with Gasteiger partial charge in [-0.05, 0) is 49.4 Å². The Morgan fingerprint density at radius 1 is 1.00 bits per heavy atom. The molecule has 0 aliphatic heterocycles. The molecule has 1 atom stereocenters. The second-order valence-corrected chi connectivity index (χ2v) is 6.65. The Bertz CT molecular complexity index is 931. The monoisotopic (exact) mass is 363 g/mol. The van der Waals surface area contributed by atoms with Gasteiger partial charge < -0.3 is 14.8 Å². The number of hydrogen-bond donors (Lipinski definition) is 1. The van der Waals surface area contributed by atoms with E-state index in [9.17, 15) is 4.79 Å². The molecule has 0 radical (unpaired) electrons. The van der Waals surface area contributed by atoms with Crippen LogP contribution in [0.2, 0.25) is 0 Å². The lowest BCUT2D eigenvalue weighted by Crippen LogP contribution is -2.38. The molecule has 1 N–H and O–H groups in total. The highest BCUT2D eigenvalue weighted by Crippen LogP contribution is 2.25. The normalized spacial score (nSPS) is 11.8. The summed E-state index contributed by atoms with van der Waals surface area (Å²) < 4.78 is 11.7. The van der Waals surface area contributed by atoms with Gasteiger partial charge in [0, 0.05) is 5.39 Å². The Balaban J connectivity index is 1.49. The molecular weight excluding hydrogens is 338 g/mol. The minimum absolute atomic E-state index is 0.155. The molecule has 0 aromatic heterocycles. The SMILES string of the molecule is Cc1ccc(C)c(O[C@@H](C)C(=O)NCCOc2cccc3ccccc23)c1. The standard InChI is InChI=1S/C23H25NO3/c1-16-11-12-17(2)22(15-16)27-18(3)23(25)24-13-14-26-21-10-6-8-19-7-4-5-9-20(19)21/h4-12,15,18H,13-14H2,1-3H3,(H,24,25)/t18-/m0/s1. The molecule has 0 spiro atoms. The van der Waals surface area contributed by atoms with Crippen molar-refractivity contribution in [2.24, 2.45) is 0 Å². The van der Waals surface area contributed by atoms with Crippen LogP contribution in [0.4, 0.5) is 0 Å². The first-order chi connectivity index (χ1) is 13.0. The van der Waals surface area contributed by atoms with Gasteiger partial charge in [0.2, 0.25) is 0 Å². The molecule has 0 unspecified atom stereocenters. The molecule has 1 amide bonds. The zero-order valence-corrected chi connectivity index (χ0v) is 16.0. The van der Waals surface area contributed by atoms with Crippen LogP contribution < -0.4 is 14.8 Å². The third-order valence-electron chi connectivity index (χ3n) is 4.43. The number of benzene rings is 3. The maximum atomic E-state index is 12.3. The lowest BCUT2D eigenvalue weighted by atomic mass is 10.1. The molecular formula is C23H25NO3. The summed E-state index contributed by atoms with van der Waals surface area (Å²) in [5.74, 6) is 1.41.